The molecule has 0 saturated carbocycles. The van der Waals surface area contributed by atoms with E-state index in [1.807, 2.05) is 21.6 Å². The zero-order chi connectivity index (χ0) is 23.3. The van der Waals surface area contributed by atoms with Crippen LogP contribution in [0.25, 0.3) is 5.65 Å². The van der Waals surface area contributed by atoms with Crippen molar-refractivity contribution < 1.29 is 18.7 Å². The molecule has 1 fully saturated rings. The summed E-state index contributed by atoms with van der Waals surface area (Å²) >= 11 is 0. The van der Waals surface area contributed by atoms with E-state index in [1.165, 1.54) is 17.7 Å². The maximum absolute atomic E-state index is 13.4. The summed E-state index contributed by atoms with van der Waals surface area (Å²) in [5, 5.41) is 0. The van der Waals surface area contributed by atoms with Gasteiger partial charge < -0.3 is 18.8 Å². The molecule has 1 aliphatic rings. The molecule has 0 radical (unpaired) electrons. The van der Waals surface area contributed by atoms with Crippen molar-refractivity contribution in [2.24, 2.45) is 5.92 Å². The lowest BCUT2D eigenvalue weighted by Gasteiger charge is -2.24. The van der Waals surface area contributed by atoms with Gasteiger partial charge in [-0.15, -0.1) is 0 Å². The van der Waals surface area contributed by atoms with E-state index in [1.54, 1.807) is 42.6 Å². The molecule has 0 N–H and O–H groups in total. The van der Waals surface area contributed by atoms with Gasteiger partial charge >= 0.3 is 0 Å². The number of carbonyl (C=O) groups is 1. The van der Waals surface area contributed by atoms with Crippen LogP contribution in [0.15, 0.2) is 79.3 Å². The number of carbonyl (C=O) groups excluding carboxylic acids is 1. The largest absolute Gasteiger partial charge is 0.489 e. The number of amides is 1. The summed E-state index contributed by atoms with van der Waals surface area (Å²) in [7, 11) is 0. The fraction of sp³-hybridized carbons (Fsp3) is 0.259. The molecule has 7 heteroatoms. The first-order chi connectivity index (χ1) is 16.6. The van der Waals surface area contributed by atoms with Gasteiger partial charge in [0.05, 0.1) is 13.2 Å². The normalized spacial score (nSPS) is 16.4. The lowest BCUT2D eigenvalue weighted by atomic mass is 10.0. The molecule has 1 aliphatic heterocycles. The van der Waals surface area contributed by atoms with Crippen LogP contribution in [0.5, 0.6) is 5.75 Å². The number of rotatable bonds is 6. The number of aromatic nitrogens is 2. The Bertz CT molecular complexity index is 1290. The summed E-state index contributed by atoms with van der Waals surface area (Å²) < 4.78 is 27.0. The van der Waals surface area contributed by atoms with Crippen LogP contribution in [0.2, 0.25) is 0 Å². The number of fused-ring (bicyclic) bond motifs is 1. The van der Waals surface area contributed by atoms with Crippen molar-refractivity contribution in [2.45, 2.75) is 13.0 Å². The minimum absolute atomic E-state index is 0.0447. The second-order valence-electron chi connectivity index (χ2n) is 8.57. The van der Waals surface area contributed by atoms with Gasteiger partial charge in [0.1, 0.15) is 23.8 Å². The standard InChI is InChI=1S/C27H26FN3O3/c28-24-5-1-3-21(14-24)19-34-25-6-2-4-23(15-25)27(32)31-11-12-33-18-22(17-31)13-20-7-8-26-29-9-10-30(26)16-20/h1-10,14-16,22H,11-13,17-19H2/t22-/m1/s1. The second-order valence-corrected chi connectivity index (χ2v) is 8.57. The molecular formula is C27H26FN3O3. The van der Waals surface area contributed by atoms with Crippen LogP contribution in [0.4, 0.5) is 4.39 Å². The number of pyridine rings is 1. The topological polar surface area (TPSA) is 56.1 Å². The summed E-state index contributed by atoms with van der Waals surface area (Å²) in [6.45, 7) is 2.52. The number of imidazole rings is 1. The van der Waals surface area contributed by atoms with Gasteiger partial charge in [-0.3, -0.25) is 4.79 Å². The Labute approximate surface area is 197 Å². The Morgan fingerprint density at radius 2 is 2.03 bits per heavy atom. The monoisotopic (exact) mass is 459 g/mol. The highest BCUT2D eigenvalue weighted by atomic mass is 19.1. The Balaban J connectivity index is 1.25. The number of ether oxygens (including phenoxy) is 2. The fourth-order valence-electron chi connectivity index (χ4n) is 4.30. The second kappa shape index (κ2) is 10.1. The Hall–Kier alpha value is -3.71. The maximum atomic E-state index is 13.4. The average Bonchev–Trinajstić information content (AvgIpc) is 3.20. The molecule has 174 valence electrons. The molecular weight excluding hydrogens is 433 g/mol. The average molecular weight is 460 g/mol. The van der Waals surface area contributed by atoms with Crippen LogP contribution in [-0.4, -0.2) is 46.5 Å². The van der Waals surface area contributed by atoms with E-state index in [2.05, 4.69) is 17.2 Å². The highest BCUT2D eigenvalue weighted by Gasteiger charge is 2.24. The van der Waals surface area contributed by atoms with E-state index in [-0.39, 0.29) is 24.2 Å². The van der Waals surface area contributed by atoms with Crippen molar-refractivity contribution in [3.63, 3.8) is 0 Å². The molecule has 0 spiro atoms. The minimum Gasteiger partial charge on any atom is -0.489 e. The first-order valence-corrected chi connectivity index (χ1v) is 11.4. The molecule has 1 amide bonds. The first-order valence-electron chi connectivity index (χ1n) is 11.4. The van der Waals surface area contributed by atoms with E-state index in [0.717, 1.165) is 17.6 Å². The third-order valence-electron chi connectivity index (χ3n) is 5.97. The zero-order valence-corrected chi connectivity index (χ0v) is 18.8. The molecule has 0 aliphatic carbocycles. The molecule has 1 saturated heterocycles. The van der Waals surface area contributed by atoms with Crippen LogP contribution < -0.4 is 4.74 Å². The van der Waals surface area contributed by atoms with E-state index < -0.39 is 0 Å². The van der Waals surface area contributed by atoms with Gasteiger partial charge in [-0.25, -0.2) is 9.37 Å². The molecule has 0 unspecified atom stereocenters. The van der Waals surface area contributed by atoms with Crippen molar-refractivity contribution in [2.75, 3.05) is 26.3 Å². The predicted octanol–water partition coefficient (Wildman–Crippen LogP) is 4.38. The highest BCUT2D eigenvalue weighted by molar-refractivity contribution is 5.94. The van der Waals surface area contributed by atoms with Crippen LogP contribution in [0.3, 0.4) is 0 Å². The van der Waals surface area contributed by atoms with Crippen molar-refractivity contribution in [1.29, 1.82) is 0 Å². The van der Waals surface area contributed by atoms with Gasteiger partial charge in [0, 0.05) is 43.2 Å². The molecule has 0 bridgehead atoms. The fourth-order valence-corrected chi connectivity index (χ4v) is 4.30. The summed E-state index contributed by atoms with van der Waals surface area (Å²) in [6.07, 6.45) is 6.61. The van der Waals surface area contributed by atoms with E-state index in [9.17, 15) is 9.18 Å². The van der Waals surface area contributed by atoms with Gasteiger partial charge in [0.15, 0.2) is 0 Å². The van der Waals surface area contributed by atoms with Crippen LogP contribution in [-0.2, 0) is 17.8 Å². The third kappa shape index (κ3) is 5.26. The summed E-state index contributed by atoms with van der Waals surface area (Å²) in [4.78, 5) is 19.5. The quantitative estimate of drug-likeness (QED) is 0.429. The Morgan fingerprint density at radius 1 is 1.12 bits per heavy atom. The van der Waals surface area contributed by atoms with Crippen molar-refractivity contribution >= 4 is 11.6 Å². The zero-order valence-electron chi connectivity index (χ0n) is 18.8. The SMILES string of the molecule is O=C(c1cccc(OCc2cccc(F)c2)c1)N1CCOC[C@H](Cc2ccc3nccn3c2)C1. The van der Waals surface area contributed by atoms with Gasteiger partial charge in [0.25, 0.3) is 5.91 Å². The van der Waals surface area contributed by atoms with E-state index >= 15 is 0 Å². The van der Waals surface area contributed by atoms with Gasteiger partial charge in [0.2, 0.25) is 0 Å². The van der Waals surface area contributed by atoms with Crippen molar-refractivity contribution in [3.8, 4) is 5.75 Å². The molecule has 2 aromatic heterocycles. The Kier molecular flexibility index (Phi) is 6.53. The molecule has 2 aromatic carbocycles. The Morgan fingerprint density at radius 3 is 2.94 bits per heavy atom. The van der Waals surface area contributed by atoms with E-state index in [4.69, 9.17) is 9.47 Å². The maximum Gasteiger partial charge on any atom is 0.254 e. The predicted molar refractivity (Wildman–Crippen MR) is 126 cm³/mol. The lowest BCUT2D eigenvalue weighted by molar-refractivity contribution is 0.0737. The van der Waals surface area contributed by atoms with Crippen LogP contribution in [0.1, 0.15) is 21.5 Å². The number of benzene rings is 2. The van der Waals surface area contributed by atoms with Gasteiger partial charge in [-0.05, 0) is 53.9 Å². The highest BCUT2D eigenvalue weighted by Crippen LogP contribution is 2.20. The van der Waals surface area contributed by atoms with Crippen molar-refractivity contribution in [1.82, 2.24) is 14.3 Å². The van der Waals surface area contributed by atoms with Gasteiger partial charge in [-0.1, -0.05) is 24.3 Å². The van der Waals surface area contributed by atoms with Crippen LogP contribution in [0, 0.1) is 11.7 Å². The third-order valence-corrected chi connectivity index (χ3v) is 5.97. The molecule has 34 heavy (non-hydrogen) atoms. The smallest absolute Gasteiger partial charge is 0.254 e. The molecule has 1 atom stereocenters. The molecule has 4 aromatic rings. The first kappa shape index (κ1) is 22.1. The van der Waals surface area contributed by atoms with Crippen LogP contribution >= 0.6 is 0 Å². The molecule has 6 nitrogen and oxygen atoms in total. The van der Waals surface area contributed by atoms with E-state index in [0.29, 0.717) is 37.6 Å². The van der Waals surface area contributed by atoms with Gasteiger partial charge in [-0.2, -0.15) is 0 Å². The molecule has 5 rings (SSSR count). The summed E-state index contributed by atoms with van der Waals surface area (Å²) in [5.41, 5.74) is 3.40. The summed E-state index contributed by atoms with van der Waals surface area (Å²) in [6, 6.07) is 17.5. The number of halogens is 1. The summed E-state index contributed by atoms with van der Waals surface area (Å²) in [5.74, 6) is 0.427. The van der Waals surface area contributed by atoms with Crippen molar-refractivity contribution in [3.05, 3.63) is 102 Å². The lowest BCUT2D eigenvalue weighted by Crippen LogP contribution is -2.36. The number of hydrogen-bond donors (Lipinski definition) is 0. The minimum atomic E-state index is -0.298. The molecule has 3 heterocycles. The number of hydrogen-bond acceptors (Lipinski definition) is 4. The number of nitrogens with zero attached hydrogens (tertiary/aromatic N) is 3.